The van der Waals surface area contributed by atoms with Gasteiger partial charge >= 0.3 is 6.18 Å². The first-order valence-electron chi connectivity index (χ1n) is 12.9. The van der Waals surface area contributed by atoms with E-state index in [0.717, 1.165) is 54.4 Å². The lowest BCUT2D eigenvalue weighted by atomic mass is 10.1. The molecule has 1 N–H and O–H groups in total. The van der Waals surface area contributed by atoms with Gasteiger partial charge in [0.2, 0.25) is 21.8 Å². The Bertz CT molecular complexity index is 1320. The summed E-state index contributed by atoms with van der Waals surface area (Å²) in [5.41, 5.74) is -0.566. The van der Waals surface area contributed by atoms with Gasteiger partial charge in [0.1, 0.15) is 6.04 Å². The Balaban J connectivity index is 1.77. The predicted octanol–water partition coefficient (Wildman–Crippen LogP) is 6.03. The van der Waals surface area contributed by atoms with Crippen molar-refractivity contribution < 1.29 is 31.2 Å². The molecule has 1 aliphatic rings. The summed E-state index contributed by atoms with van der Waals surface area (Å²) >= 11 is 12.3. The van der Waals surface area contributed by atoms with Crippen LogP contribution in [0.3, 0.4) is 0 Å². The molecule has 2 amide bonds. The monoisotopic (exact) mass is 621 g/mol. The number of nitrogens with zero attached hydrogens (tertiary/aromatic N) is 2. The smallest absolute Gasteiger partial charge is 0.352 e. The summed E-state index contributed by atoms with van der Waals surface area (Å²) in [5.74, 6) is -0.746. The van der Waals surface area contributed by atoms with Crippen LogP contribution in [-0.4, -0.2) is 50.0 Å². The molecule has 13 heteroatoms. The van der Waals surface area contributed by atoms with Gasteiger partial charge in [0.05, 0.1) is 17.5 Å². The fourth-order valence-corrected chi connectivity index (χ4v) is 6.07. The molecule has 0 spiro atoms. The molecule has 1 fully saturated rings. The highest BCUT2D eigenvalue weighted by molar-refractivity contribution is 7.92. The number of benzene rings is 2. The normalized spacial score (nSPS) is 15.1. The maximum absolute atomic E-state index is 13.4. The Morgan fingerprint density at radius 1 is 1.10 bits per heavy atom. The maximum atomic E-state index is 13.4. The molecule has 0 radical (unpaired) electrons. The molecule has 220 valence electrons. The first kappa shape index (κ1) is 32.0. The number of halogens is 5. The zero-order chi connectivity index (χ0) is 29.7. The van der Waals surface area contributed by atoms with Crippen molar-refractivity contribution >= 4 is 50.7 Å². The third-order valence-electron chi connectivity index (χ3n) is 6.84. The van der Waals surface area contributed by atoms with E-state index < -0.39 is 33.7 Å². The highest BCUT2D eigenvalue weighted by Crippen LogP contribution is 2.32. The van der Waals surface area contributed by atoms with E-state index >= 15 is 0 Å². The SMILES string of the molecule is CC(C(=O)NC1CCCC1)N(Cc1ccc(Cl)cc1Cl)C(=O)CCCN(c1cccc(C(F)(F)F)c1)S(C)(=O)=O. The molecule has 2 aromatic carbocycles. The van der Waals surface area contributed by atoms with Gasteiger partial charge < -0.3 is 10.2 Å². The van der Waals surface area contributed by atoms with E-state index in [1.807, 2.05) is 0 Å². The maximum Gasteiger partial charge on any atom is 0.416 e. The fourth-order valence-electron chi connectivity index (χ4n) is 4.65. The molecule has 40 heavy (non-hydrogen) atoms. The predicted molar refractivity (Wildman–Crippen MR) is 150 cm³/mol. The second-order valence-electron chi connectivity index (χ2n) is 9.91. The molecule has 1 unspecified atom stereocenters. The minimum absolute atomic E-state index is 0.00393. The van der Waals surface area contributed by atoms with Crippen LogP contribution in [-0.2, 0) is 32.3 Å². The number of amides is 2. The quantitative estimate of drug-likeness (QED) is 0.332. The molecule has 0 aliphatic heterocycles. The van der Waals surface area contributed by atoms with Crippen molar-refractivity contribution in [3.05, 3.63) is 63.6 Å². The summed E-state index contributed by atoms with van der Waals surface area (Å²) < 4.78 is 65.3. The third-order valence-corrected chi connectivity index (χ3v) is 8.62. The number of alkyl halides is 3. The van der Waals surface area contributed by atoms with Gasteiger partial charge in [-0.3, -0.25) is 13.9 Å². The Morgan fingerprint density at radius 2 is 1.77 bits per heavy atom. The Labute approximate surface area is 242 Å². The molecule has 1 atom stereocenters. The Hall–Kier alpha value is -2.50. The van der Waals surface area contributed by atoms with Crippen molar-refractivity contribution in [3.8, 4) is 0 Å². The number of hydrogen-bond acceptors (Lipinski definition) is 4. The van der Waals surface area contributed by atoms with Gasteiger partial charge in [-0.25, -0.2) is 8.42 Å². The van der Waals surface area contributed by atoms with Gasteiger partial charge in [-0.15, -0.1) is 0 Å². The highest BCUT2D eigenvalue weighted by Gasteiger charge is 2.32. The van der Waals surface area contributed by atoms with Crippen LogP contribution in [0.2, 0.25) is 10.0 Å². The number of carbonyl (C=O) groups is 2. The summed E-state index contributed by atoms with van der Waals surface area (Å²) in [7, 11) is -3.95. The first-order valence-corrected chi connectivity index (χ1v) is 15.5. The summed E-state index contributed by atoms with van der Waals surface area (Å²) in [6, 6.07) is 8.00. The molecule has 1 saturated carbocycles. The van der Waals surface area contributed by atoms with E-state index in [-0.39, 0.29) is 43.6 Å². The summed E-state index contributed by atoms with van der Waals surface area (Å²) in [5, 5.41) is 3.72. The molecule has 1 aliphatic carbocycles. The molecule has 0 heterocycles. The van der Waals surface area contributed by atoms with Crippen molar-refractivity contribution in [2.75, 3.05) is 17.1 Å². The topological polar surface area (TPSA) is 86.8 Å². The molecule has 0 saturated heterocycles. The van der Waals surface area contributed by atoms with Gasteiger partial charge in [-0.2, -0.15) is 13.2 Å². The van der Waals surface area contributed by atoms with Crippen LogP contribution in [0.1, 0.15) is 56.6 Å². The summed E-state index contributed by atoms with van der Waals surface area (Å²) in [4.78, 5) is 27.8. The Kier molecular flexibility index (Phi) is 10.8. The standard InChI is InChI=1S/C27H32Cl2F3N3O4S/c1-18(26(37)33-22-8-3-4-9-22)34(17-19-12-13-21(28)16-24(19)29)25(36)11-6-14-35(40(2,38)39)23-10-5-7-20(15-23)27(30,31)32/h5,7,10,12-13,15-16,18,22H,3-4,6,8-9,11,14,17H2,1-2H3,(H,33,37). The molecule has 0 aromatic heterocycles. The largest absolute Gasteiger partial charge is 0.416 e. The lowest BCUT2D eigenvalue weighted by Crippen LogP contribution is -2.49. The number of anilines is 1. The van der Waals surface area contributed by atoms with E-state index in [0.29, 0.717) is 15.6 Å². The van der Waals surface area contributed by atoms with E-state index in [2.05, 4.69) is 5.32 Å². The van der Waals surface area contributed by atoms with E-state index in [4.69, 9.17) is 23.2 Å². The van der Waals surface area contributed by atoms with Crippen LogP contribution in [0.4, 0.5) is 18.9 Å². The lowest BCUT2D eigenvalue weighted by Gasteiger charge is -2.30. The van der Waals surface area contributed by atoms with Crippen LogP contribution in [0.15, 0.2) is 42.5 Å². The number of hydrogen-bond donors (Lipinski definition) is 1. The highest BCUT2D eigenvalue weighted by atomic mass is 35.5. The van der Waals surface area contributed by atoms with Gasteiger partial charge in [0.15, 0.2) is 0 Å². The van der Waals surface area contributed by atoms with Gasteiger partial charge in [0, 0.05) is 35.6 Å². The van der Waals surface area contributed by atoms with Crippen molar-refractivity contribution in [3.63, 3.8) is 0 Å². The van der Waals surface area contributed by atoms with Crippen LogP contribution < -0.4 is 9.62 Å². The van der Waals surface area contributed by atoms with Crippen molar-refractivity contribution in [1.29, 1.82) is 0 Å². The second-order valence-corrected chi connectivity index (χ2v) is 12.7. The van der Waals surface area contributed by atoms with E-state index in [1.54, 1.807) is 19.1 Å². The van der Waals surface area contributed by atoms with Gasteiger partial charge in [0.25, 0.3) is 0 Å². The number of nitrogens with one attached hydrogen (secondary N) is 1. The average Bonchev–Trinajstić information content (AvgIpc) is 3.37. The summed E-state index contributed by atoms with van der Waals surface area (Å²) in [6.07, 6.45) is -0.136. The molecular formula is C27H32Cl2F3N3O4S. The second kappa shape index (κ2) is 13.4. The zero-order valence-corrected chi connectivity index (χ0v) is 24.5. The minimum Gasteiger partial charge on any atom is -0.352 e. The minimum atomic E-state index is -4.65. The van der Waals surface area contributed by atoms with Crippen molar-refractivity contribution in [2.24, 2.45) is 0 Å². The first-order chi connectivity index (χ1) is 18.7. The van der Waals surface area contributed by atoms with Crippen LogP contribution in [0.5, 0.6) is 0 Å². The average molecular weight is 623 g/mol. The summed E-state index contributed by atoms with van der Waals surface area (Å²) in [6.45, 7) is 1.39. The third kappa shape index (κ3) is 8.75. The van der Waals surface area contributed by atoms with Crippen LogP contribution in [0, 0.1) is 0 Å². The fraction of sp³-hybridized carbons (Fsp3) is 0.481. The van der Waals surface area contributed by atoms with Crippen molar-refractivity contribution in [1.82, 2.24) is 10.2 Å². The van der Waals surface area contributed by atoms with Gasteiger partial charge in [-0.1, -0.05) is 48.2 Å². The Morgan fingerprint density at radius 3 is 2.38 bits per heavy atom. The molecule has 7 nitrogen and oxygen atoms in total. The lowest BCUT2D eigenvalue weighted by molar-refractivity contribution is -0.141. The zero-order valence-electron chi connectivity index (χ0n) is 22.2. The number of sulfonamides is 1. The van der Waals surface area contributed by atoms with Crippen LogP contribution in [0.25, 0.3) is 0 Å². The van der Waals surface area contributed by atoms with Gasteiger partial charge in [-0.05, 0) is 62.1 Å². The number of carbonyl (C=O) groups excluding carboxylic acids is 2. The van der Waals surface area contributed by atoms with E-state index in [9.17, 15) is 31.2 Å². The number of rotatable bonds is 11. The van der Waals surface area contributed by atoms with Crippen molar-refractivity contribution in [2.45, 2.75) is 70.3 Å². The molecule has 0 bridgehead atoms. The van der Waals surface area contributed by atoms with E-state index in [1.165, 1.54) is 17.0 Å². The molecule has 2 aromatic rings. The molecule has 3 rings (SSSR count). The molecular weight excluding hydrogens is 590 g/mol. The van der Waals surface area contributed by atoms with Crippen LogP contribution >= 0.6 is 23.2 Å².